The minimum Gasteiger partial charge on any atom is -0.326 e. The molecule has 1 heterocycles. The van der Waals surface area contributed by atoms with Gasteiger partial charge in [0.05, 0.1) is 6.54 Å². The lowest BCUT2D eigenvalue weighted by molar-refractivity contribution is -0.116. The largest absolute Gasteiger partial charge is 0.326 e. The fraction of sp³-hybridized carbons (Fsp3) is 0.375. The Balaban J connectivity index is 1.86. The molecule has 0 aliphatic carbocycles. The number of aromatic nitrogens is 2. The number of anilines is 1. The molecular formula is C16H22N4O. The molecule has 1 amide bonds. The summed E-state index contributed by atoms with van der Waals surface area (Å²) in [6.07, 6.45) is 4.77. The summed E-state index contributed by atoms with van der Waals surface area (Å²) in [5.74, 6) is -0.00616. The first-order valence-corrected chi connectivity index (χ1v) is 7.07. The van der Waals surface area contributed by atoms with Gasteiger partial charge < -0.3 is 11.1 Å². The third-order valence-corrected chi connectivity index (χ3v) is 3.14. The van der Waals surface area contributed by atoms with E-state index < -0.39 is 0 Å². The number of nitrogens with two attached hydrogens (primary N) is 1. The summed E-state index contributed by atoms with van der Waals surface area (Å²) in [7, 11) is 0. The van der Waals surface area contributed by atoms with Crippen LogP contribution >= 0.6 is 0 Å². The Hall–Kier alpha value is -2.14. The number of rotatable bonds is 6. The van der Waals surface area contributed by atoms with Crippen LogP contribution in [-0.4, -0.2) is 21.2 Å². The van der Waals surface area contributed by atoms with Gasteiger partial charge in [-0.15, -0.1) is 0 Å². The first-order valence-electron chi connectivity index (χ1n) is 7.07. The maximum atomic E-state index is 11.8. The molecule has 0 unspecified atom stereocenters. The lowest BCUT2D eigenvalue weighted by Gasteiger charge is -2.17. The van der Waals surface area contributed by atoms with E-state index in [1.165, 1.54) is 0 Å². The van der Waals surface area contributed by atoms with Gasteiger partial charge in [-0.25, -0.2) is 0 Å². The van der Waals surface area contributed by atoms with Gasteiger partial charge in [0.2, 0.25) is 5.91 Å². The highest BCUT2D eigenvalue weighted by Crippen LogP contribution is 2.13. The zero-order chi connectivity index (χ0) is 15.3. The molecule has 5 nitrogen and oxygen atoms in total. The average Bonchev–Trinajstić information content (AvgIpc) is 2.91. The summed E-state index contributed by atoms with van der Waals surface area (Å²) >= 11 is 0. The Morgan fingerprint density at radius 2 is 2.05 bits per heavy atom. The van der Waals surface area contributed by atoms with Crippen molar-refractivity contribution >= 4 is 11.6 Å². The van der Waals surface area contributed by atoms with Crippen LogP contribution in [0, 0.1) is 0 Å². The van der Waals surface area contributed by atoms with E-state index in [0.29, 0.717) is 12.8 Å². The van der Waals surface area contributed by atoms with Gasteiger partial charge in [0, 0.05) is 30.0 Å². The molecule has 1 aromatic carbocycles. The van der Waals surface area contributed by atoms with E-state index in [1.54, 1.807) is 6.20 Å². The maximum Gasteiger partial charge on any atom is 0.224 e. The van der Waals surface area contributed by atoms with Gasteiger partial charge in [-0.3, -0.25) is 9.48 Å². The highest BCUT2D eigenvalue weighted by Gasteiger charge is 2.13. The smallest absolute Gasteiger partial charge is 0.224 e. The van der Waals surface area contributed by atoms with Gasteiger partial charge in [0.25, 0.3) is 0 Å². The van der Waals surface area contributed by atoms with E-state index in [9.17, 15) is 4.79 Å². The van der Waals surface area contributed by atoms with Crippen molar-refractivity contribution in [3.63, 3.8) is 0 Å². The first-order chi connectivity index (χ1) is 9.92. The van der Waals surface area contributed by atoms with Crippen molar-refractivity contribution in [3.05, 3.63) is 48.3 Å². The van der Waals surface area contributed by atoms with Gasteiger partial charge in [0.1, 0.15) is 0 Å². The van der Waals surface area contributed by atoms with Crippen molar-refractivity contribution in [2.75, 3.05) is 5.32 Å². The summed E-state index contributed by atoms with van der Waals surface area (Å²) in [6.45, 7) is 4.57. The maximum absolute atomic E-state index is 11.8. The van der Waals surface area contributed by atoms with E-state index in [2.05, 4.69) is 10.4 Å². The molecule has 5 heteroatoms. The van der Waals surface area contributed by atoms with Crippen molar-refractivity contribution < 1.29 is 4.79 Å². The Morgan fingerprint density at radius 1 is 1.33 bits per heavy atom. The van der Waals surface area contributed by atoms with Crippen LogP contribution in [0.5, 0.6) is 0 Å². The predicted molar refractivity (Wildman–Crippen MR) is 83.9 cm³/mol. The number of nitrogens with zero attached hydrogens (tertiary/aromatic N) is 2. The molecule has 1 aromatic heterocycles. The number of nitrogens with one attached hydrogen (secondary N) is 1. The van der Waals surface area contributed by atoms with Crippen LogP contribution in [-0.2, 0) is 11.3 Å². The summed E-state index contributed by atoms with van der Waals surface area (Å²) < 4.78 is 1.86. The molecule has 0 fully saturated rings. The molecule has 0 radical (unpaired) electrons. The molecule has 21 heavy (non-hydrogen) atoms. The number of benzene rings is 1. The van der Waals surface area contributed by atoms with E-state index in [0.717, 1.165) is 17.8 Å². The van der Waals surface area contributed by atoms with Gasteiger partial charge >= 0.3 is 0 Å². The number of carbonyl (C=O) groups is 1. The minimum atomic E-state index is -0.315. The molecule has 0 spiro atoms. The minimum absolute atomic E-state index is 0.00616. The molecule has 0 saturated heterocycles. The van der Waals surface area contributed by atoms with Crippen molar-refractivity contribution in [1.29, 1.82) is 0 Å². The number of hydrogen-bond donors (Lipinski definition) is 2. The third kappa shape index (κ3) is 5.39. The normalized spacial score (nSPS) is 11.4. The predicted octanol–water partition coefficient (Wildman–Crippen LogP) is 2.39. The van der Waals surface area contributed by atoms with Crippen molar-refractivity contribution in [1.82, 2.24) is 9.78 Å². The molecule has 2 aromatic rings. The summed E-state index contributed by atoms with van der Waals surface area (Å²) in [6, 6.07) is 9.69. The van der Waals surface area contributed by atoms with Gasteiger partial charge in [-0.05, 0) is 44.0 Å². The molecule has 112 valence electrons. The molecule has 2 rings (SSSR count). The molecule has 0 aliphatic rings. The average molecular weight is 286 g/mol. The Kier molecular flexibility index (Phi) is 4.75. The number of amides is 1. The van der Waals surface area contributed by atoms with Crippen LogP contribution in [0.25, 0.3) is 0 Å². The lowest BCUT2D eigenvalue weighted by Crippen LogP contribution is -2.33. The topological polar surface area (TPSA) is 72.9 Å². The van der Waals surface area contributed by atoms with Crippen LogP contribution in [0.15, 0.2) is 42.7 Å². The van der Waals surface area contributed by atoms with Crippen LogP contribution in [0.2, 0.25) is 0 Å². The molecule has 0 atom stereocenters. The zero-order valence-electron chi connectivity index (χ0n) is 12.5. The highest BCUT2D eigenvalue weighted by molar-refractivity contribution is 5.90. The van der Waals surface area contributed by atoms with Crippen molar-refractivity contribution in [2.45, 2.75) is 38.8 Å². The highest BCUT2D eigenvalue weighted by atomic mass is 16.1. The molecular weight excluding hydrogens is 264 g/mol. The van der Waals surface area contributed by atoms with Crippen LogP contribution in [0.1, 0.15) is 32.3 Å². The Bertz CT molecular complexity index is 567. The third-order valence-electron chi connectivity index (χ3n) is 3.14. The van der Waals surface area contributed by atoms with Gasteiger partial charge in [0.15, 0.2) is 0 Å². The van der Waals surface area contributed by atoms with Crippen molar-refractivity contribution in [2.24, 2.45) is 5.73 Å². The monoisotopic (exact) mass is 286 g/mol. The fourth-order valence-corrected chi connectivity index (χ4v) is 1.93. The van der Waals surface area contributed by atoms with E-state index in [-0.39, 0.29) is 11.4 Å². The van der Waals surface area contributed by atoms with Crippen LogP contribution in [0.3, 0.4) is 0 Å². The van der Waals surface area contributed by atoms with Crippen LogP contribution in [0.4, 0.5) is 5.69 Å². The molecule has 3 N–H and O–H groups in total. The first kappa shape index (κ1) is 15.3. The zero-order valence-corrected chi connectivity index (χ0v) is 12.5. The van der Waals surface area contributed by atoms with E-state index >= 15 is 0 Å². The second-order valence-corrected chi connectivity index (χ2v) is 5.94. The van der Waals surface area contributed by atoms with Crippen molar-refractivity contribution in [3.8, 4) is 0 Å². The summed E-state index contributed by atoms with van der Waals surface area (Å²) in [5, 5.41) is 7.05. The van der Waals surface area contributed by atoms with E-state index in [1.807, 2.05) is 55.1 Å². The standard InChI is InChI=1S/C16H22N4O/c1-16(2,17)9-8-15(21)19-14-6-4-13(5-7-14)12-20-11-3-10-18-20/h3-7,10-11H,8-9,12,17H2,1-2H3,(H,19,21). The molecule has 0 bridgehead atoms. The summed E-state index contributed by atoms with van der Waals surface area (Å²) in [4.78, 5) is 11.8. The quantitative estimate of drug-likeness (QED) is 0.856. The second-order valence-electron chi connectivity index (χ2n) is 5.94. The van der Waals surface area contributed by atoms with Gasteiger partial charge in [-0.1, -0.05) is 12.1 Å². The SMILES string of the molecule is CC(C)(N)CCC(=O)Nc1ccc(Cn2cccn2)cc1. The fourth-order valence-electron chi connectivity index (χ4n) is 1.93. The van der Waals surface area contributed by atoms with Crippen LogP contribution < -0.4 is 11.1 Å². The van der Waals surface area contributed by atoms with E-state index in [4.69, 9.17) is 5.73 Å². The second kappa shape index (κ2) is 6.54. The van der Waals surface area contributed by atoms with Gasteiger partial charge in [-0.2, -0.15) is 5.10 Å². The Labute approximate surface area is 125 Å². The molecule has 0 saturated carbocycles. The molecule has 0 aliphatic heterocycles. The lowest BCUT2D eigenvalue weighted by atomic mass is 10.00. The summed E-state index contributed by atoms with van der Waals surface area (Å²) in [5.41, 5.74) is 7.50. The number of carbonyl (C=O) groups excluding carboxylic acids is 1. The Morgan fingerprint density at radius 3 is 2.62 bits per heavy atom. The number of hydrogen-bond acceptors (Lipinski definition) is 3.